The molecule has 0 aliphatic heterocycles. The van der Waals surface area contributed by atoms with Gasteiger partial charge in [0.05, 0.1) is 0 Å². The summed E-state index contributed by atoms with van der Waals surface area (Å²) in [7, 11) is -0.0447. The smallest absolute Gasteiger partial charge is 0.217 e. The molecule has 0 fully saturated rings. The van der Waals surface area contributed by atoms with E-state index in [-0.39, 0.29) is 0 Å². The maximum atomic E-state index is 5.90. The lowest BCUT2D eigenvalue weighted by Gasteiger charge is -2.23. The maximum Gasteiger partial charge on any atom is 0.217 e. The molecule has 0 unspecified atom stereocenters. The summed E-state index contributed by atoms with van der Waals surface area (Å²) < 4.78 is 5.90. The monoisotopic (exact) mass is 340 g/mol. The molecule has 2 heteroatoms. The van der Waals surface area contributed by atoms with Crippen LogP contribution in [0.5, 0.6) is 0 Å². The predicted octanol–water partition coefficient (Wildman–Crippen LogP) is 5.80. The molecule has 0 radical (unpaired) electrons. The van der Waals surface area contributed by atoms with Crippen LogP contribution in [0.25, 0.3) is 43.1 Å². The summed E-state index contributed by atoms with van der Waals surface area (Å²) in [6.45, 7) is 4.53. The van der Waals surface area contributed by atoms with Crippen molar-refractivity contribution in [1.29, 1.82) is 0 Å². The first-order chi connectivity index (χ1) is 12.1. The zero-order chi connectivity index (χ0) is 17.2. The van der Waals surface area contributed by atoms with Crippen molar-refractivity contribution in [2.45, 2.75) is 13.1 Å². The minimum atomic E-state index is -1.89. The summed E-state index contributed by atoms with van der Waals surface area (Å²) in [6, 6.07) is 24.7. The van der Waals surface area contributed by atoms with Crippen molar-refractivity contribution in [2.24, 2.45) is 0 Å². The third kappa shape index (κ3) is 1.98. The molecule has 0 saturated carbocycles. The van der Waals surface area contributed by atoms with Gasteiger partial charge < -0.3 is 4.43 Å². The van der Waals surface area contributed by atoms with Gasteiger partial charge in [0.1, 0.15) is 0 Å². The fraction of sp³-hybridized carbons (Fsp3) is 0.130. The van der Waals surface area contributed by atoms with Crippen molar-refractivity contribution in [1.82, 2.24) is 0 Å². The van der Waals surface area contributed by atoms with E-state index in [9.17, 15) is 0 Å². The van der Waals surface area contributed by atoms with Crippen molar-refractivity contribution >= 4 is 56.6 Å². The van der Waals surface area contributed by atoms with Crippen LogP contribution in [0.3, 0.4) is 0 Å². The summed E-state index contributed by atoms with van der Waals surface area (Å²) in [6.07, 6.45) is 0. The highest BCUT2D eigenvalue weighted by atomic mass is 28.4. The molecule has 0 bridgehead atoms. The maximum absolute atomic E-state index is 5.90. The molecule has 0 atom stereocenters. The Labute approximate surface area is 148 Å². The van der Waals surface area contributed by atoms with E-state index in [2.05, 4.69) is 79.8 Å². The average Bonchev–Trinajstić information content (AvgIpc) is 2.65. The minimum absolute atomic E-state index is 1.31. The third-order valence-electron chi connectivity index (χ3n) is 5.67. The number of rotatable bonds is 2. The van der Waals surface area contributed by atoms with E-state index in [0.29, 0.717) is 0 Å². The number of benzene rings is 5. The van der Waals surface area contributed by atoms with Gasteiger partial charge in [0, 0.05) is 7.11 Å². The molecule has 0 amide bonds. The molecule has 0 aliphatic rings. The fourth-order valence-electron chi connectivity index (χ4n) is 4.12. The van der Waals surface area contributed by atoms with Gasteiger partial charge in [-0.3, -0.25) is 0 Å². The molecule has 5 aromatic rings. The normalized spacial score (nSPS) is 12.8. The standard InChI is InChI=1S/C23H20OSi/c1-24-25(2,3)17-13-16-9-6-11-19-18-10-4-7-15-8-5-12-20(22(15)18)21(14-17)23(16)19/h4-14H,1-3H3. The van der Waals surface area contributed by atoms with Crippen molar-refractivity contribution in [3.8, 4) is 0 Å². The zero-order valence-electron chi connectivity index (χ0n) is 14.8. The van der Waals surface area contributed by atoms with Gasteiger partial charge in [0.2, 0.25) is 8.32 Å². The Bertz CT molecular complexity index is 1250. The van der Waals surface area contributed by atoms with Gasteiger partial charge in [-0.2, -0.15) is 0 Å². The van der Waals surface area contributed by atoms with Crippen LogP contribution < -0.4 is 5.19 Å². The first-order valence-electron chi connectivity index (χ1n) is 8.75. The fourth-order valence-corrected chi connectivity index (χ4v) is 5.35. The summed E-state index contributed by atoms with van der Waals surface area (Å²) in [4.78, 5) is 0. The molecule has 0 spiro atoms. The van der Waals surface area contributed by atoms with Crippen molar-refractivity contribution in [3.05, 3.63) is 66.7 Å². The van der Waals surface area contributed by atoms with Gasteiger partial charge in [-0.15, -0.1) is 0 Å². The van der Waals surface area contributed by atoms with Crippen LogP contribution in [0.2, 0.25) is 13.1 Å². The van der Waals surface area contributed by atoms with E-state index in [4.69, 9.17) is 4.43 Å². The molecule has 25 heavy (non-hydrogen) atoms. The Hall–Kier alpha value is -2.42. The lowest BCUT2D eigenvalue weighted by atomic mass is 9.90. The van der Waals surface area contributed by atoms with E-state index in [1.54, 1.807) is 0 Å². The summed E-state index contributed by atoms with van der Waals surface area (Å²) in [5.74, 6) is 0. The number of hydrogen-bond acceptors (Lipinski definition) is 1. The molecule has 0 heterocycles. The van der Waals surface area contributed by atoms with Crippen LogP contribution in [0.1, 0.15) is 0 Å². The average molecular weight is 340 g/mol. The molecular weight excluding hydrogens is 320 g/mol. The van der Waals surface area contributed by atoms with Gasteiger partial charge in [-0.05, 0) is 61.4 Å². The lowest BCUT2D eigenvalue weighted by molar-refractivity contribution is 0.416. The Morgan fingerprint density at radius 2 is 1.16 bits per heavy atom. The molecule has 0 saturated heterocycles. The van der Waals surface area contributed by atoms with Crippen molar-refractivity contribution < 1.29 is 4.43 Å². The van der Waals surface area contributed by atoms with Gasteiger partial charge in [0.15, 0.2) is 0 Å². The van der Waals surface area contributed by atoms with Gasteiger partial charge in [-0.25, -0.2) is 0 Å². The second kappa shape index (κ2) is 5.04. The summed E-state index contributed by atoms with van der Waals surface area (Å²) in [5.41, 5.74) is 0. The topological polar surface area (TPSA) is 9.23 Å². The molecule has 0 aliphatic carbocycles. The molecular formula is C23H20OSi. The van der Waals surface area contributed by atoms with E-state index in [1.807, 2.05) is 7.11 Å². The van der Waals surface area contributed by atoms with E-state index >= 15 is 0 Å². The van der Waals surface area contributed by atoms with Gasteiger partial charge in [0.25, 0.3) is 0 Å². The van der Waals surface area contributed by atoms with Crippen LogP contribution in [-0.2, 0) is 4.43 Å². The lowest BCUT2D eigenvalue weighted by Crippen LogP contribution is -2.43. The summed E-state index contributed by atoms with van der Waals surface area (Å²) >= 11 is 0. The molecule has 5 rings (SSSR count). The molecule has 1 nitrogen and oxygen atoms in total. The Morgan fingerprint density at radius 3 is 1.76 bits per heavy atom. The Kier molecular flexibility index (Phi) is 3.00. The molecule has 122 valence electrons. The second-order valence-corrected chi connectivity index (χ2v) is 11.4. The first-order valence-corrected chi connectivity index (χ1v) is 11.7. The first kappa shape index (κ1) is 14.9. The highest BCUT2D eigenvalue weighted by molar-refractivity contribution is 6.84. The van der Waals surface area contributed by atoms with Crippen molar-refractivity contribution in [2.75, 3.05) is 7.11 Å². The van der Waals surface area contributed by atoms with E-state index < -0.39 is 8.32 Å². The van der Waals surface area contributed by atoms with Crippen LogP contribution in [0.4, 0.5) is 0 Å². The largest absolute Gasteiger partial charge is 0.416 e. The van der Waals surface area contributed by atoms with Crippen LogP contribution >= 0.6 is 0 Å². The molecule has 0 aromatic heterocycles. The highest BCUT2D eigenvalue weighted by Gasteiger charge is 2.25. The highest BCUT2D eigenvalue weighted by Crippen LogP contribution is 2.39. The quantitative estimate of drug-likeness (QED) is 0.224. The predicted molar refractivity (Wildman–Crippen MR) is 112 cm³/mol. The summed E-state index contributed by atoms with van der Waals surface area (Å²) in [5, 5.41) is 12.1. The Morgan fingerprint density at radius 1 is 0.640 bits per heavy atom. The van der Waals surface area contributed by atoms with Crippen molar-refractivity contribution in [3.63, 3.8) is 0 Å². The SMILES string of the molecule is CO[Si](C)(C)c1cc2cccc3c4cccc5cccc(c(c1)c23)c54. The van der Waals surface area contributed by atoms with Crippen LogP contribution in [0, 0.1) is 0 Å². The number of hydrogen-bond donors (Lipinski definition) is 0. The zero-order valence-corrected chi connectivity index (χ0v) is 15.8. The second-order valence-electron chi connectivity index (χ2n) is 7.35. The number of fused-ring (bicyclic) bond motifs is 2. The third-order valence-corrected chi connectivity index (χ3v) is 8.37. The minimum Gasteiger partial charge on any atom is -0.416 e. The van der Waals surface area contributed by atoms with Gasteiger partial charge >= 0.3 is 0 Å². The molecule has 5 aromatic carbocycles. The van der Waals surface area contributed by atoms with Crippen LogP contribution in [-0.4, -0.2) is 15.4 Å². The molecule has 0 N–H and O–H groups in total. The Balaban J connectivity index is 2.11. The van der Waals surface area contributed by atoms with E-state index in [1.165, 1.54) is 48.3 Å². The van der Waals surface area contributed by atoms with E-state index in [0.717, 1.165) is 0 Å². The van der Waals surface area contributed by atoms with Crippen LogP contribution in [0.15, 0.2) is 66.7 Å². The van der Waals surface area contributed by atoms with Gasteiger partial charge in [-0.1, -0.05) is 66.7 Å².